The Kier molecular flexibility index (Phi) is 4.65. The number of nitrogens with zero attached hydrogens (tertiary/aromatic N) is 1. The minimum Gasteiger partial charge on any atom is -0.342 e. The lowest BCUT2D eigenvalue weighted by molar-refractivity contribution is -0.138. The van der Waals surface area contributed by atoms with Crippen molar-refractivity contribution >= 4 is 5.91 Å². The van der Waals surface area contributed by atoms with E-state index in [1.165, 1.54) is 38.5 Å². The largest absolute Gasteiger partial charge is 0.342 e. The fraction of sp³-hybridized carbons (Fsp3) is 0.941. The summed E-state index contributed by atoms with van der Waals surface area (Å²) in [4.78, 5) is 15.1. The van der Waals surface area contributed by atoms with Gasteiger partial charge in [-0.2, -0.15) is 0 Å². The van der Waals surface area contributed by atoms with Crippen molar-refractivity contribution < 1.29 is 4.79 Å². The first-order chi connectivity index (χ1) is 9.78. The highest BCUT2D eigenvalue weighted by Gasteiger charge is 2.44. The number of piperidine rings is 1. The van der Waals surface area contributed by atoms with E-state index in [-0.39, 0.29) is 0 Å². The van der Waals surface area contributed by atoms with Gasteiger partial charge >= 0.3 is 0 Å². The maximum Gasteiger partial charge on any atom is 0.225 e. The van der Waals surface area contributed by atoms with E-state index in [1.807, 2.05) is 0 Å². The summed E-state index contributed by atoms with van der Waals surface area (Å²) >= 11 is 0. The van der Waals surface area contributed by atoms with Gasteiger partial charge in [0.05, 0.1) is 0 Å². The van der Waals surface area contributed by atoms with Crippen LogP contribution in [0.3, 0.4) is 0 Å². The Hall–Kier alpha value is -0.570. The van der Waals surface area contributed by atoms with E-state index in [4.69, 9.17) is 0 Å². The normalized spacial score (nSPS) is 36.2. The van der Waals surface area contributed by atoms with Gasteiger partial charge in [-0.1, -0.05) is 13.3 Å². The summed E-state index contributed by atoms with van der Waals surface area (Å²) < 4.78 is 0. The molecule has 2 bridgehead atoms. The van der Waals surface area contributed by atoms with Crippen LogP contribution in [0, 0.1) is 23.7 Å². The van der Waals surface area contributed by atoms with Gasteiger partial charge in [0.25, 0.3) is 0 Å². The van der Waals surface area contributed by atoms with Gasteiger partial charge < -0.3 is 10.2 Å². The number of hydrogen-bond acceptors (Lipinski definition) is 2. The molecular formula is C17H30N2O. The van der Waals surface area contributed by atoms with Crippen LogP contribution < -0.4 is 5.32 Å². The number of carbonyl (C=O) groups is 1. The first kappa shape index (κ1) is 14.4. The van der Waals surface area contributed by atoms with Crippen LogP contribution in [-0.2, 0) is 4.79 Å². The molecule has 1 amide bonds. The number of rotatable bonds is 5. The van der Waals surface area contributed by atoms with Gasteiger partial charge in [-0.25, -0.2) is 0 Å². The monoisotopic (exact) mass is 278 g/mol. The summed E-state index contributed by atoms with van der Waals surface area (Å²) in [5, 5.41) is 3.48. The molecule has 3 aliphatic rings. The third kappa shape index (κ3) is 3.03. The summed E-state index contributed by atoms with van der Waals surface area (Å²) in [6.45, 7) is 6.41. The Morgan fingerprint density at radius 3 is 2.75 bits per heavy atom. The zero-order valence-electron chi connectivity index (χ0n) is 12.9. The van der Waals surface area contributed by atoms with Crippen LogP contribution in [0.2, 0.25) is 0 Å². The van der Waals surface area contributed by atoms with Crippen molar-refractivity contribution in [1.82, 2.24) is 10.2 Å². The molecule has 3 rings (SSSR count). The second-order valence-corrected chi connectivity index (χ2v) is 7.28. The van der Waals surface area contributed by atoms with Crippen molar-refractivity contribution in [3.63, 3.8) is 0 Å². The smallest absolute Gasteiger partial charge is 0.225 e. The maximum atomic E-state index is 12.9. The first-order valence-corrected chi connectivity index (χ1v) is 8.77. The average molecular weight is 278 g/mol. The van der Waals surface area contributed by atoms with E-state index in [1.54, 1.807) is 0 Å². The number of amides is 1. The van der Waals surface area contributed by atoms with Crippen LogP contribution in [-0.4, -0.2) is 37.0 Å². The van der Waals surface area contributed by atoms with Gasteiger partial charge in [-0.05, 0) is 69.4 Å². The predicted molar refractivity (Wildman–Crippen MR) is 81.4 cm³/mol. The minimum atomic E-state index is 0.372. The second-order valence-electron chi connectivity index (χ2n) is 7.28. The van der Waals surface area contributed by atoms with Gasteiger partial charge in [0, 0.05) is 19.0 Å². The van der Waals surface area contributed by atoms with E-state index in [9.17, 15) is 4.79 Å². The Morgan fingerprint density at radius 1 is 1.25 bits per heavy atom. The summed E-state index contributed by atoms with van der Waals surface area (Å²) in [5.74, 6) is 3.13. The molecule has 20 heavy (non-hydrogen) atoms. The van der Waals surface area contributed by atoms with Crippen molar-refractivity contribution in [2.24, 2.45) is 23.7 Å². The highest BCUT2D eigenvalue weighted by Crippen LogP contribution is 2.48. The van der Waals surface area contributed by atoms with Gasteiger partial charge in [-0.3, -0.25) is 4.79 Å². The SMILES string of the molecule is CCCN(CC1CCCNC1)C(=O)C1CC2CCC1C2. The van der Waals surface area contributed by atoms with E-state index in [2.05, 4.69) is 17.1 Å². The Labute approximate surface area is 123 Å². The van der Waals surface area contributed by atoms with Crippen molar-refractivity contribution in [1.29, 1.82) is 0 Å². The maximum absolute atomic E-state index is 12.9. The second kappa shape index (κ2) is 6.46. The molecule has 3 heteroatoms. The van der Waals surface area contributed by atoms with Crippen molar-refractivity contribution in [2.45, 2.75) is 51.9 Å². The molecule has 0 aromatic carbocycles. The number of hydrogen-bond donors (Lipinski definition) is 1. The molecule has 4 atom stereocenters. The third-order valence-corrected chi connectivity index (χ3v) is 5.74. The van der Waals surface area contributed by atoms with Crippen LogP contribution in [0.5, 0.6) is 0 Å². The van der Waals surface area contributed by atoms with Gasteiger partial charge in [0.15, 0.2) is 0 Å². The lowest BCUT2D eigenvalue weighted by Gasteiger charge is -2.33. The summed E-state index contributed by atoms with van der Waals surface area (Å²) in [5.41, 5.74) is 0. The fourth-order valence-electron chi connectivity index (χ4n) is 4.73. The molecule has 2 aliphatic carbocycles. The topological polar surface area (TPSA) is 32.3 Å². The molecule has 3 nitrogen and oxygen atoms in total. The minimum absolute atomic E-state index is 0.372. The Bertz CT molecular complexity index is 338. The molecule has 2 saturated carbocycles. The highest BCUT2D eigenvalue weighted by molar-refractivity contribution is 5.79. The average Bonchev–Trinajstić information content (AvgIpc) is 3.10. The molecule has 1 heterocycles. The highest BCUT2D eigenvalue weighted by atomic mass is 16.2. The zero-order valence-corrected chi connectivity index (χ0v) is 12.9. The van der Waals surface area contributed by atoms with Gasteiger partial charge in [0.1, 0.15) is 0 Å². The van der Waals surface area contributed by atoms with Crippen LogP contribution in [0.1, 0.15) is 51.9 Å². The van der Waals surface area contributed by atoms with Crippen LogP contribution >= 0.6 is 0 Å². The van der Waals surface area contributed by atoms with Crippen molar-refractivity contribution in [3.05, 3.63) is 0 Å². The van der Waals surface area contributed by atoms with Gasteiger partial charge in [-0.15, -0.1) is 0 Å². The summed E-state index contributed by atoms with van der Waals surface area (Å²) in [6, 6.07) is 0. The molecule has 0 radical (unpaired) electrons. The molecule has 0 aromatic rings. The van der Waals surface area contributed by atoms with Gasteiger partial charge in [0.2, 0.25) is 5.91 Å². The number of fused-ring (bicyclic) bond motifs is 2. The van der Waals surface area contributed by atoms with Crippen LogP contribution in [0.25, 0.3) is 0 Å². The van der Waals surface area contributed by atoms with E-state index in [0.717, 1.165) is 44.4 Å². The van der Waals surface area contributed by atoms with E-state index < -0.39 is 0 Å². The Morgan fingerprint density at radius 2 is 2.15 bits per heavy atom. The lowest BCUT2D eigenvalue weighted by atomic mass is 9.87. The third-order valence-electron chi connectivity index (χ3n) is 5.74. The van der Waals surface area contributed by atoms with E-state index in [0.29, 0.717) is 17.7 Å². The van der Waals surface area contributed by atoms with Crippen LogP contribution in [0.4, 0.5) is 0 Å². The van der Waals surface area contributed by atoms with Crippen LogP contribution in [0.15, 0.2) is 0 Å². The molecule has 114 valence electrons. The standard InChI is InChI=1S/C17H30N2O/c1-2-8-19(12-14-4-3-7-18-11-14)17(20)16-10-13-5-6-15(16)9-13/h13-16,18H,2-12H2,1H3. The van der Waals surface area contributed by atoms with Crippen molar-refractivity contribution in [3.8, 4) is 0 Å². The quantitative estimate of drug-likeness (QED) is 0.838. The molecule has 0 spiro atoms. The molecule has 1 aliphatic heterocycles. The zero-order chi connectivity index (χ0) is 13.9. The Balaban J connectivity index is 1.58. The van der Waals surface area contributed by atoms with E-state index >= 15 is 0 Å². The fourth-order valence-corrected chi connectivity index (χ4v) is 4.73. The molecule has 1 N–H and O–H groups in total. The first-order valence-electron chi connectivity index (χ1n) is 8.77. The molecule has 0 aromatic heterocycles. The number of nitrogens with one attached hydrogen (secondary N) is 1. The van der Waals surface area contributed by atoms with Crippen molar-refractivity contribution in [2.75, 3.05) is 26.2 Å². The molecule has 3 fully saturated rings. The number of carbonyl (C=O) groups excluding carboxylic acids is 1. The molecule has 4 unspecified atom stereocenters. The lowest BCUT2D eigenvalue weighted by Crippen LogP contribution is -2.44. The molecule has 1 saturated heterocycles. The predicted octanol–water partition coefficient (Wildman–Crippen LogP) is 2.66. The summed E-state index contributed by atoms with van der Waals surface area (Å²) in [6.07, 6.45) is 8.87. The summed E-state index contributed by atoms with van der Waals surface area (Å²) in [7, 11) is 0. The molecular weight excluding hydrogens is 248 g/mol.